The maximum Gasteiger partial charge on any atom is 0.415 e. The Bertz CT molecular complexity index is 436. The molecule has 0 spiro atoms. The summed E-state index contributed by atoms with van der Waals surface area (Å²) in [7, 11) is 1.53. The minimum atomic E-state index is -4.61. The third-order valence-corrected chi connectivity index (χ3v) is 2.76. The van der Waals surface area contributed by atoms with Crippen LogP contribution in [0.15, 0.2) is 6.20 Å². The van der Waals surface area contributed by atoms with Crippen LogP contribution in [0, 0.1) is 13.8 Å². The number of aromatic nitrogens is 1. The molecule has 19 heavy (non-hydrogen) atoms. The van der Waals surface area contributed by atoms with Crippen molar-refractivity contribution in [3.05, 3.63) is 23.0 Å². The van der Waals surface area contributed by atoms with Crippen LogP contribution in [0.5, 0.6) is 5.75 Å². The number of hydrogen-bond donors (Lipinski definition) is 2. The monoisotopic (exact) mass is 278 g/mol. The van der Waals surface area contributed by atoms with Crippen LogP contribution in [0.25, 0.3) is 0 Å². The molecule has 0 fully saturated rings. The first-order valence-electron chi connectivity index (χ1n) is 5.72. The molecule has 1 heterocycles. The highest BCUT2D eigenvalue weighted by Crippen LogP contribution is 2.24. The van der Waals surface area contributed by atoms with E-state index < -0.39 is 18.8 Å². The van der Waals surface area contributed by atoms with E-state index in [0.717, 1.165) is 11.1 Å². The third-order valence-electron chi connectivity index (χ3n) is 2.76. The number of pyridine rings is 1. The van der Waals surface area contributed by atoms with Gasteiger partial charge in [-0.3, -0.25) is 4.98 Å². The van der Waals surface area contributed by atoms with Gasteiger partial charge in [-0.15, -0.1) is 0 Å². The topological polar surface area (TPSA) is 54.4 Å². The molecule has 0 saturated carbocycles. The Morgan fingerprint density at radius 2 is 2.05 bits per heavy atom. The van der Waals surface area contributed by atoms with Crippen molar-refractivity contribution in [1.29, 1.82) is 0 Å². The van der Waals surface area contributed by atoms with Gasteiger partial charge < -0.3 is 15.2 Å². The van der Waals surface area contributed by atoms with Crippen LogP contribution in [0.4, 0.5) is 13.2 Å². The predicted octanol–water partition coefficient (Wildman–Crippen LogP) is 1.72. The predicted molar refractivity (Wildman–Crippen MR) is 64.0 cm³/mol. The van der Waals surface area contributed by atoms with Gasteiger partial charge in [-0.05, 0) is 13.8 Å². The number of alkyl halides is 3. The summed E-state index contributed by atoms with van der Waals surface area (Å²) in [5.74, 6) is 0.670. The van der Waals surface area contributed by atoms with Gasteiger partial charge in [-0.1, -0.05) is 0 Å². The van der Waals surface area contributed by atoms with Crippen LogP contribution >= 0.6 is 0 Å². The number of hydrogen-bond acceptors (Lipinski definition) is 4. The van der Waals surface area contributed by atoms with E-state index >= 15 is 0 Å². The molecule has 0 bridgehead atoms. The van der Waals surface area contributed by atoms with Gasteiger partial charge in [0.2, 0.25) is 0 Å². The number of methoxy groups -OCH3 is 1. The van der Waals surface area contributed by atoms with Crippen LogP contribution in [0.1, 0.15) is 16.8 Å². The van der Waals surface area contributed by atoms with E-state index in [9.17, 15) is 13.2 Å². The molecular formula is C12H17F3N2O2. The van der Waals surface area contributed by atoms with Crippen molar-refractivity contribution in [2.75, 3.05) is 13.7 Å². The standard InChI is InChI=1S/C12H17F3N2O2/c1-7-4-17-9(8(2)11(7)19-3)5-16-6-10(18)12(13,14)15/h4,10,16,18H,5-6H2,1-3H3. The van der Waals surface area contributed by atoms with Gasteiger partial charge >= 0.3 is 6.18 Å². The summed E-state index contributed by atoms with van der Waals surface area (Å²) in [5.41, 5.74) is 2.23. The fourth-order valence-electron chi connectivity index (χ4n) is 1.69. The quantitative estimate of drug-likeness (QED) is 0.861. The summed E-state index contributed by atoms with van der Waals surface area (Å²) in [4.78, 5) is 4.14. The molecule has 0 aromatic carbocycles. The fraction of sp³-hybridized carbons (Fsp3) is 0.583. The van der Waals surface area contributed by atoms with Gasteiger partial charge in [-0.25, -0.2) is 0 Å². The molecule has 7 heteroatoms. The van der Waals surface area contributed by atoms with E-state index in [1.54, 1.807) is 13.1 Å². The minimum absolute atomic E-state index is 0.135. The molecule has 0 aliphatic rings. The van der Waals surface area contributed by atoms with Gasteiger partial charge in [0.15, 0.2) is 6.10 Å². The van der Waals surface area contributed by atoms with E-state index in [2.05, 4.69) is 10.3 Å². The molecule has 1 aromatic rings. The Kier molecular flexibility index (Phi) is 5.13. The minimum Gasteiger partial charge on any atom is -0.496 e. The zero-order valence-electron chi connectivity index (χ0n) is 11.0. The molecule has 0 aliphatic carbocycles. The van der Waals surface area contributed by atoms with Gasteiger partial charge in [0, 0.05) is 30.4 Å². The molecule has 0 saturated heterocycles. The molecular weight excluding hydrogens is 261 g/mol. The lowest BCUT2D eigenvalue weighted by Gasteiger charge is -2.16. The van der Waals surface area contributed by atoms with Gasteiger partial charge in [-0.2, -0.15) is 13.2 Å². The summed E-state index contributed by atoms with van der Waals surface area (Å²) in [5, 5.41) is 11.4. The molecule has 1 aromatic heterocycles. The number of nitrogens with one attached hydrogen (secondary N) is 1. The first kappa shape index (κ1) is 15.7. The number of rotatable bonds is 5. The van der Waals surface area contributed by atoms with Crippen LogP contribution in [-0.2, 0) is 6.54 Å². The second-order valence-corrected chi connectivity index (χ2v) is 4.23. The number of ether oxygens (including phenoxy) is 1. The van der Waals surface area contributed by atoms with Crippen LogP contribution in [0.3, 0.4) is 0 Å². The fourth-order valence-corrected chi connectivity index (χ4v) is 1.69. The van der Waals surface area contributed by atoms with Gasteiger partial charge in [0.05, 0.1) is 12.8 Å². The van der Waals surface area contributed by atoms with Crippen LogP contribution < -0.4 is 10.1 Å². The van der Waals surface area contributed by atoms with Crippen molar-refractivity contribution in [2.24, 2.45) is 0 Å². The van der Waals surface area contributed by atoms with E-state index in [-0.39, 0.29) is 6.54 Å². The lowest BCUT2D eigenvalue weighted by atomic mass is 10.1. The molecule has 4 nitrogen and oxygen atoms in total. The molecule has 108 valence electrons. The molecule has 1 rings (SSSR count). The lowest BCUT2D eigenvalue weighted by molar-refractivity contribution is -0.201. The average molecular weight is 278 g/mol. The highest BCUT2D eigenvalue weighted by Gasteiger charge is 2.37. The largest absolute Gasteiger partial charge is 0.496 e. The highest BCUT2D eigenvalue weighted by atomic mass is 19.4. The Hall–Kier alpha value is -1.34. The smallest absolute Gasteiger partial charge is 0.415 e. The average Bonchev–Trinajstić information content (AvgIpc) is 2.31. The van der Waals surface area contributed by atoms with Crippen molar-refractivity contribution in [3.63, 3.8) is 0 Å². The highest BCUT2D eigenvalue weighted by molar-refractivity contribution is 5.40. The number of aliphatic hydroxyl groups excluding tert-OH is 1. The maximum absolute atomic E-state index is 12.1. The summed E-state index contributed by atoms with van der Waals surface area (Å²) < 4.78 is 41.5. The Morgan fingerprint density at radius 3 is 2.58 bits per heavy atom. The first-order valence-corrected chi connectivity index (χ1v) is 5.72. The van der Waals surface area contributed by atoms with E-state index in [1.165, 1.54) is 7.11 Å². The Balaban J connectivity index is 2.64. The van der Waals surface area contributed by atoms with Crippen LogP contribution in [-0.4, -0.2) is 36.0 Å². The molecule has 2 N–H and O–H groups in total. The summed E-state index contributed by atoms with van der Waals surface area (Å²) in [6.45, 7) is 3.19. The second-order valence-electron chi connectivity index (χ2n) is 4.23. The zero-order valence-corrected chi connectivity index (χ0v) is 11.0. The molecule has 0 radical (unpaired) electrons. The zero-order chi connectivity index (χ0) is 14.6. The van der Waals surface area contributed by atoms with Crippen LogP contribution in [0.2, 0.25) is 0 Å². The maximum atomic E-state index is 12.1. The summed E-state index contributed by atoms with van der Waals surface area (Å²) >= 11 is 0. The molecule has 0 amide bonds. The van der Waals surface area contributed by atoms with Crippen molar-refractivity contribution in [2.45, 2.75) is 32.7 Å². The van der Waals surface area contributed by atoms with E-state index in [1.807, 2.05) is 6.92 Å². The normalized spacial score (nSPS) is 13.4. The van der Waals surface area contributed by atoms with Crippen molar-refractivity contribution in [1.82, 2.24) is 10.3 Å². The number of halogens is 3. The van der Waals surface area contributed by atoms with Crippen molar-refractivity contribution in [3.8, 4) is 5.75 Å². The van der Waals surface area contributed by atoms with Crippen molar-refractivity contribution >= 4 is 0 Å². The summed E-state index contributed by atoms with van der Waals surface area (Å²) in [6.07, 6.45) is -5.39. The van der Waals surface area contributed by atoms with E-state index in [4.69, 9.17) is 9.84 Å². The number of aryl methyl sites for hydroxylation is 1. The first-order chi connectivity index (χ1) is 8.77. The second kappa shape index (κ2) is 6.21. The number of nitrogens with zero attached hydrogens (tertiary/aromatic N) is 1. The van der Waals surface area contributed by atoms with Gasteiger partial charge in [0.25, 0.3) is 0 Å². The third kappa shape index (κ3) is 4.07. The lowest BCUT2D eigenvalue weighted by Crippen LogP contribution is -2.38. The summed E-state index contributed by atoms with van der Waals surface area (Å²) in [6, 6.07) is 0. The Morgan fingerprint density at radius 1 is 1.42 bits per heavy atom. The Labute approximate surface area is 109 Å². The molecule has 1 atom stereocenters. The molecule has 1 unspecified atom stereocenters. The SMILES string of the molecule is COc1c(C)cnc(CNCC(O)C(F)(F)F)c1C. The van der Waals surface area contributed by atoms with E-state index in [0.29, 0.717) is 11.4 Å². The molecule has 0 aliphatic heterocycles. The van der Waals surface area contributed by atoms with Gasteiger partial charge in [0.1, 0.15) is 5.75 Å². The van der Waals surface area contributed by atoms with Crippen molar-refractivity contribution < 1.29 is 23.0 Å². The number of aliphatic hydroxyl groups is 1.